The highest BCUT2D eigenvalue weighted by atomic mass is 35.5. The first-order valence-electron chi connectivity index (χ1n) is 5.52. The Hall–Kier alpha value is -1.07. The molecule has 0 aromatic heterocycles. The van der Waals surface area contributed by atoms with Crippen LogP contribution in [0.1, 0.15) is 12.5 Å². The zero-order valence-electron chi connectivity index (χ0n) is 10.6. The SMILES string of the molecule is Cc1cccc(Cl)c1NC(=O)N[C@H](C)C[S@@](C)=O. The van der Waals surface area contributed by atoms with Crippen molar-refractivity contribution >= 4 is 34.1 Å². The molecule has 2 atom stereocenters. The maximum Gasteiger partial charge on any atom is 0.319 e. The van der Waals surface area contributed by atoms with Crippen molar-refractivity contribution < 1.29 is 9.00 Å². The van der Waals surface area contributed by atoms with E-state index < -0.39 is 10.8 Å². The second-order valence-corrected chi connectivity index (χ2v) is 6.06. The van der Waals surface area contributed by atoms with Crippen molar-refractivity contribution in [2.45, 2.75) is 19.9 Å². The number of amides is 2. The summed E-state index contributed by atoms with van der Waals surface area (Å²) in [5.74, 6) is 0.426. The second-order valence-electron chi connectivity index (χ2n) is 4.17. The van der Waals surface area contributed by atoms with Crippen molar-refractivity contribution in [3.05, 3.63) is 28.8 Å². The minimum Gasteiger partial charge on any atom is -0.334 e. The minimum atomic E-state index is -0.936. The van der Waals surface area contributed by atoms with E-state index in [4.69, 9.17) is 11.6 Å². The van der Waals surface area contributed by atoms with E-state index in [1.165, 1.54) is 0 Å². The quantitative estimate of drug-likeness (QED) is 0.894. The Balaban J connectivity index is 2.62. The van der Waals surface area contributed by atoms with Crippen molar-refractivity contribution in [1.29, 1.82) is 0 Å². The number of para-hydroxylation sites is 1. The molecule has 1 rings (SSSR count). The van der Waals surface area contributed by atoms with Gasteiger partial charge in [0.1, 0.15) is 0 Å². The third-order valence-corrected chi connectivity index (χ3v) is 3.61. The summed E-state index contributed by atoms with van der Waals surface area (Å²) in [6, 6.07) is 4.91. The van der Waals surface area contributed by atoms with Gasteiger partial charge in [-0.3, -0.25) is 4.21 Å². The van der Waals surface area contributed by atoms with Crippen molar-refractivity contribution in [3.63, 3.8) is 0 Å². The summed E-state index contributed by atoms with van der Waals surface area (Å²) in [4.78, 5) is 11.7. The average Bonchev–Trinajstić information content (AvgIpc) is 2.22. The van der Waals surface area contributed by atoms with Crippen molar-refractivity contribution in [3.8, 4) is 0 Å². The van der Waals surface area contributed by atoms with Crippen LogP contribution in [0.25, 0.3) is 0 Å². The molecule has 0 bridgehead atoms. The highest BCUT2D eigenvalue weighted by Gasteiger charge is 2.11. The fraction of sp³-hybridized carbons (Fsp3) is 0.417. The maximum absolute atomic E-state index is 11.7. The zero-order chi connectivity index (χ0) is 13.7. The van der Waals surface area contributed by atoms with E-state index in [1.807, 2.05) is 19.1 Å². The molecule has 2 N–H and O–H groups in total. The Labute approximate surface area is 115 Å². The number of hydrogen-bond donors (Lipinski definition) is 2. The van der Waals surface area contributed by atoms with Gasteiger partial charge < -0.3 is 10.6 Å². The number of urea groups is 1. The molecule has 2 amide bonds. The normalized spacial score (nSPS) is 13.8. The number of hydrogen-bond acceptors (Lipinski definition) is 2. The van der Waals surface area contributed by atoms with Crippen molar-refractivity contribution in [2.75, 3.05) is 17.3 Å². The van der Waals surface area contributed by atoms with Gasteiger partial charge in [-0.25, -0.2) is 4.79 Å². The molecule has 6 heteroatoms. The molecule has 0 saturated heterocycles. The van der Waals surface area contributed by atoms with Gasteiger partial charge in [-0.05, 0) is 25.5 Å². The number of anilines is 1. The number of aryl methyl sites for hydroxylation is 1. The van der Waals surface area contributed by atoms with Crippen molar-refractivity contribution in [2.24, 2.45) is 0 Å². The maximum atomic E-state index is 11.7. The molecule has 0 saturated carbocycles. The van der Waals surface area contributed by atoms with Gasteiger partial charge in [-0.2, -0.15) is 0 Å². The van der Waals surface area contributed by atoms with E-state index in [0.29, 0.717) is 16.5 Å². The largest absolute Gasteiger partial charge is 0.334 e. The summed E-state index contributed by atoms with van der Waals surface area (Å²) in [6.07, 6.45) is 1.61. The fourth-order valence-corrected chi connectivity index (χ4v) is 2.61. The number of rotatable bonds is 4. The number of halogens is 1. The molecule has 0 fully saturated rings. The average molecular weight is 289 g/mol. The van der Waals surface area contributed by atoms with E-state index in [9.17, 15) is 9.00 Å². The van der Waals surface area contributed by atoms with E-state index in [0.717, 1.165) is 5.56 Å². The molecule has 0 unspecified atom stereocenters. The highest BCUT2D eigenvalue weighted by molar-refractivity contribution is 7.84. The van der Waals surface area contributed by atoms with Crippen LogP contribution < -0.4 is 10.6 Å². The lowest BCUT2D eigenvalue weighted by Gasteiger charge is -2.15. The number of carbonyl (C=O) groups excluding carboxylic acids is 1. The third-order valence-electron chi connectivity index (χ3n) is 2.32. The lowest BCUT2D eigenvalue weighted by Crippen LogP contribution is -2.39. The summed E-state index contributed by atoms with van der Waals surface area (Å²) < 4.78 is 11.0. The van der Waals surface area contributed by atoms with Crippen molar-refractivity contribution in [1.82, 2.24) is 5.32 Å². The molecule has 4 nitrogen and oxygen atoms in total. The van der Waals surface area contributed by atoms with Gasteiger partial charge in [-0.1, -0.05) is 23.7 Å². The van der Waals surface area contributed by atoms with Gasteiger partial charge in [-0.15, -0.1) is 0 Å². The summed E-state index contributed by atoms with van der Waals surface area (Å²) >= 11 is 6.00. The molecule has 18 heavy (non-hydrogen) atoms. The van der Waals surface area contributed by atoms with Gasteiger partial charge in [0.05, 0.1) is 10.7 Å². The van der Waals surface area contributed by atoms with Crippen LogP contribution >= 0.6 is 11.6 Å². The first-order valence-corrected chi connectivity index (χ1v) is 7.63. The summed E-state index contributed by atoms with van der Waals surface area (Å²) in [6.45, 7) is 3.67. The van der Waals surface area contributed by atoms with Crippen LogP contribution in [-0.2, 0) is 10.8 Å². The van der Waals surface area contributed by atoms with Crippen LogP contribution in [0.4, 0.5) is 10.5 Å². The third kappa shape index (κ3) is 4.66. The molecular weight excluding hydrogens is 272 g/mol. The summed E-state index contributed by atoms with van der Waals surface area (Å²) in [5.41, 5.74) is 1.49. The smallest absolute Gasteiger partial charge is 0.319 e. The van der Waals surface area contributed by atoms with Gasteiger partial charge in [0.2, 0.25) is 0 Å². The van der Waals surface area contributed by atoms with Crippen LogP contribution in [0, 0.1) is 6.92 Å². The summed E-state index contributed by atoms with van der Waals surface area (Å²) in [5, 5.41) is 5.91. The molecule has 100 valence electrons. The Morgan fingerprint density at radius 3 is 2.72 bits per heavy atom. The van der Waals surface area contributed by atoms with E-state index in [2.05, 4.69) is 10.6 Å². The van der Waals surface area contributed by atoms with Crippen LogP contribution in [0.5, 0.6) is 0 Å². The van der Waals surface area contributed by atoms with Gasteiger partial charge in [0, 0.05) is 28.9 Å². The van der Waals surface area contributed by atoms with Crippen LogP contribution in [0.3, 0.4) is 0 Å². The highest BCUT2D eigenvalue weighted by Crippen LogP contribution is 2.24. The Bertz CT molecular complexity index is 445. The molecule has 0 aliphatic rings. The first kappa shape index (κ1) is 15.0. The first-order chi connectivity index (χ1) is 8.40. The van der Waals surface area contributed by atoms with Crippen LogP contribution in [0.15, 0.2) is 18.2 Å². The second kappa shape index (κ2) is 6.75. The topological polar surface area (TPSA) is 58.2 Å². The number of carbonyl (C=O) groups is 1. The van der Waals surface area contributed by atoms with E-state index in [-0.39, 0.29) is 12.1 Å². The monoisotopic (exact) mass is 288 g/mol. The number of benzene rings is 1. The Kier molecular flexibility index (Phi) is 5.62. The molecule has 1 aromatic rings. The lowest BCUT2D eigenvalue weighted by atomic mass is 10.2. The molecule has 0 heterocycles. The van der Waals surface area contributed by atoms with Crippen LogP contribution in [-0.4, -0.2) is 28.3 Å². The molecule has 0 spiro atoms. The molecule has 0 radical (unpaired) electrons. The Morgan fingerprint density at radius 2 is 2.17 bits per heavy atom. The number of nitrogens with one attached hydrogen (secondary N) is 2. The summed E-state index contributed by atoms with van der Waals surface area (Å²) in [7, 11) is -0.936. The lowest BCUT2D eigenvalue weighted by molar-refractivity contribution is 0.250. The predicted molar refractivity (Wildman–Crippen MR) is 76.7 cm³/mol. The van der Waals surface area contributed by atoms with E-state index >= 15 is 0 Å². The molecule has 0 aliphatic heterocycles. The minimum absolute atomic E-state index is 0.154. The van der Waals surface area contributed by atoms with Gasteiger partial charge in [0.25, 0.3) is 0 Å². The van der Waals surface area contributed by atoms with Gasteiger partial charge >= 0.3 is 6.03 Å². The predicted octanol–water partition coefficient (Wildman–Crippen LogP) is 2.54. The standard InChI is InChI=1S/C12H17ClN2O2S/c1-8-5-4-6-10(13)11(8)15-12(16)14-9(2)7-18(3)17/h4-6,9H,7H2,1-3H3,(H2,14,15,16)/t9-,18-/m1/s1. The van der Waals surface area contributed by atoms with Crippen LogP contribution in [0.2, 0.25) is 5.02 Å². The van der Waals surface area contributed by atoms with Gasteiger partial charge in [0.15, 0.2) is 0 Å². The molecular formula is C12H17ClN2O2S. The fourth-order valence-electron chi connectivity index (χ4n) is 1.56. The molecule has 0 aliphatic carbocycles. The molecule has 1 aromatic carbocycles. The Morgan fingerprint density at radius 1 is 1.50 bits per heavy atom. The zero-order valence-corrected chi connectivity index (χ0v) is 12.2. The van der Waals surface area contributed by atoms with E-state index in [1.54, 1.807) is 19.2 Å².